The van der Waals surface area contributed by atoms with E-state index >= 15 is 0 Å². The summed E-state index contributed by atoms with van der Waals surface area (Å²) in [6.45, 7) is 3.33. The number of carbonyl (C=O) groups is 2. The van der Waals surface area contributed by atoms with E-state index in [4.69, 9.17) is 18.9 Å². The third-order valence-corrected chi connectivity index (χ3v) is 10.4. The molecular weight excluding hydrogens is 737 g/mol. The van der Waals surface area contributed by atoms with Gasteiger partial charge in [0.15, 0.2) is 12.4 Å². The minimum atomic E-state index is -1.60. The minimum Gasteiger partial charge on any atom is -0.462 e. The predicted octanol–water partition coefficient (Wildman–Crippen LogP) is 10.1. The first-order valence-electron chi connectivity index (χ1n) is 23.2. The summed E-state index contributed by atoms with van der Waals surface area (Å²) in [5, 5.41) is 40.1. The molecule has 10 nitrogen and oxygen atoms in total. The molecule has 1 rings (SSSR count). The number of hydrogen-bond acceptors (Lipinski definition) is 10. The van der Waals surface area contributed by atoms with Gasteiger partial charge in [-0.15, -0.1) is 0 Å². The van der Waals surface area contributed by atoms with Crippen molar-refractivity contribution >= 4 is 11.9 Å². The predicted molar refractivity (Wildman–Crippen MR) is 233 cm³/mol. The van der Waals surface area contributed by atoms with E-state index in [1.807, 2.05) is 0 Å². The van der Waals surface area contributed by atoms with Crippen LogP contribution in [0.5, 0.6) is 0 Å². The fraction of sp³-hybridized carbons (Fsp3) is 0.792. The van der Waals surface area contributed by atoms with Crippen LogP contribution in [0.15, 0.2) is 48.6 Å². The van der Waals surface area contributed by atoms with Crippen LogP contribution in [-0.2, 0) is 28.5 Å². The van der Waals surface area contributed by atoms with Crippen LogP contribution in [0.4, 0.5) is 0 Å². The summed E-state index contributed by atoms with van der Waals surface area (Å²) in [5.41, 5.74) is 0. The van der Waals surface area contributed by atoms with Gasteiger partial charge in [-0.1, -0.05) is 172 Å². The summed E-state index contributed by atoms with van der Waals surface area (Å²) < 4.78 is 22.2. The lowest BCUT2D eigenvalue weighted by Gasteiger charge is -2.39. The summed E-state index contributed by atoms with van der Waals surface area (Å²) in [7, 11) is 0. The number of esters is 2. The van der Waals surface area contributed by atoms with Gasteiger partial charge in [0, 0.05) is 12.8 Å². The van der Waals surface area contributed by atoms with Gasteiger partial charge in [0.25, 0.3) is 0 Å². The van der Waals surface area contributed by atoms with Crippen molar-refractivity contribution in [2.45, 2.75) is 224 Å². The first kappa shape index (κ1) is 53.7. The van der Waals surface area contributed by atoms with Crippen LogP contribution in [0.1, 0.15) is 187 Å². The lowest BCUT2D eigenvalue weighted by molar-refractivity contribution is -0.305. The number of hydrogen-bond donors (Lipinski definition) is 4. The molecule has 336 valence electrons. The highest BCUT2D eigenvalue weighted by Crippen LogP contribution is 2.23. The molecule has 0 aliphatic carbocycles. The fourth-order valence-corrected chi connectivity index (χ4v) is 6.77. The van der Waals surface area contributed by atoms with E-state index in [-0.39, 0.29) is 26.1 Å². The summed E-state index contributed by atoms with van der Waals surface area (Å²) in [6, 6.07) is 0. The first-order valence-corrected chi connectivity index (χ1v) is 23.2. The Hall–Kier alpha value is -2.34. The van der Waals surface area contributed by atoms with Crippen LogP contribution in [0.25, 0.3) is 0 Å². The summed E-state index contributed by atoms with van der Waals surface area (Å²) in [5.74, 6) is -0.839. The standard InChI is InChI=1S/C48H84O10/c1-3-5-7-9-11-13-15-17-19-21-23-24-26-28-30-32-34-36-43(50)55-39-41(40-56-48-47(54)46(53)45(52)42(38-49)58-48)57-44(51)37-35-33-31-29-27-25-22-20-18-16-14-12-10-8-6-4-2/h7,9,13,15,19,21,24,26,41-42,45-49,52-54H,3-6,8,10-12,14,16-18,20,22-23,25,27-40H2,1-2H3/b9-7+,15-13+,21-19+,26-24+/t41-,42-,45+,46?,47?,48-/m0/s1. The van der Waals surface area contributed by atoms with Gasteiger partial charge in [0.05, 0.1) is 13.2 Å². The molecule has 4 N–H and O–H groups in total. The number of carbonyl (C=O) groups excluding carboxylic acids is 2. The van der Waals surface area contributed by atoms with Crippen LogP contribution in [0.3, 0.4) is 0 Å². The van der Waals surface area contributed by atoms with Crippen molar-refractivity contribution in [2.75, 3.05) is 19.8 Å². The molecule has 1 saturated heterocycles. The third-order valence-electron chi connectivity index (χ3n) is 10.4. The van der Waals surface area contributed by atoms with E-state index in [0.717, 1.165) is 64.2 Å². The zero-order valence-electron chi connectivity index (χ0n) is 36.5. The molecule has 0 aromatic heterocycles. The molecule has 1 fully saturated rings. The molecular formula is C48H84O10. The second kappa shape index (κ2) is 38.8. The van der Waals surface area contributed by atoms with Crippen molar-refractivity contribution in [1.29, 1.82) is 0 Å². The van der Waals surface area contributed by atoms with E-state index in [9.17, 15) is 30.0 Å². The monoisotopic (exact) mass is 821 g/mol. The molecule has 10 heteroatoms. The van der Waals surface area contributed by atoms with Gasteiger partial charge in [-0.25, -0.2) is 0 Å². The number of unbranched alkanes of at least 4 members (excludes halogenated alkanes) is 19. The van der Waals surface area contributed by atoms with Crippen molar-refractivity contribution in [3.05, 3.63) is 48.6 Å². The Morgan fingerprint density at radius 3 is 1.52 bits per heavy atom. The largest absolute Gasteiger partial charge is 0.462 e. The van der Waals surface area contributed by atoms with Crippen LogP contribution in [-0.4, -0.2) is 89.0 Å². The molecule has 0 amide bonds. The Labute approximate surface area is 352 Å². The Kier molecular flexibility index (Phi) is 35.9. The molecule has 0 aromatic carbocycles. The van der Waals surface area contributed by atoms with Crippen molar-refractivity contribution in [3.8, 4) is 0 Å². The summed E-state index contributed by atoms with van der Waals surface area (Å²) in [6.07, 6.45) is 38.3. The Balaban J connectivity index is 2.34. The van der Waals surface area contributed by atoms with Crippen molar-refractivity contribution < 1.29 is 49.0 Å². The van der Waals surface area contributed by atoms with E-state index in [1.54, 1.807) is 0 Å². The normalized spacial score (nSPS) is 20.6. The highest BCUT2D eigenvalue weighted by Gasteiger charge is 2.44. The molecule has 1 aliphatic heterocycles. The van der Waals surface area contributed by atoms with Gasteiger partial charge in [-0.2, -0.15) is 0 Å². The summed E-state index contributed by atoms with van der Waals surface area (Å²) >= 11 is 0. The molecule has 1 aliphatic rings. The van der Waals surface area contributed by atoms with Gasteiger partial charge in [-0.3, -0.25) is 9.59 Å². The lowest BCUT2D eigenvalue weighted by atomic mass is 9.99. The molecule has 2 unspecified atom stereocenters. The Morgan fingerprint density at radius 2 is 1.00 bits per heavy atom. The maximum Gasteiger partial charge on any atom is 0.306 e. The molecule has 0 radical (unpaired) electrons. The maximum atomic E-state index is 12.8. The van der Waals surface area contributed by atoms with Gasteiger partial charge >= 0.3 is 11.9 Å². The fourth-order valence-electron chi connectivity index (χ4n) is 6.77. The van der Waals surface area contributed by atoms with E-state index in [1.165, 1.54) is 83.5 Å². The number of aliphatic hydroxyl groups is 4. The van der Waals surface area contributed by atoms with Gasteiger partial charge < -0.3 is 39.4 Å². The van der Waals surface area contributed by atoms with Crippen LogP contribution in [0, 0.1) is 0 Å². The topological polar surface area (TPSA) is 152 Å². The molecule has 58 heavy (non-hydrogen) atoms. The van der Waals surface area contributed by atoms with Crippen LogP contribution >= 0.6 is 0 Å². The highest BCUT2D eigenvalue weighted by molar-refractivity contribution is 5.70. The van der Waals surface area contributed by atoms with E-state index in [2.05, 4.69) is 62.5 Å². The second-order valence-corrected chi connectivity index (χ2v) is 15.9. The molecule has 0 spiro atoms. The molecule has 0 bridgehead atoms. The Morgan fingerprint density at radius 1 is 0.534 bits per heavy atom. The van der Waals surface area contributed by atoms with E-state index in [0.29, 0.717) is 12.8 Å². The number of ether oxygens (including phenoxy) is 4. The minimum absolute atomic E-state index is 0.224. The average molecular weight is 821 g/mol. The number of allylic oxidation sites excluding steroid dienone is 8. The summed E-state index contributed by atoms with van der Waals surface area (Å²) in [4.78, 5) is 25.3. The van der Waals surface area contributed by atoms with Crippen molar-refractivity contribution in [2.24, 2.45) is 0 Å². The Bertz CT molecular complexity index is 1090. The van der Waals surface area contributed by atoms with Crippen molar-refractivity contribution in [1.82, 2.24) is 0 Å². The quantitative estimate of drug-likeness (QED) is 0.0269. The van der Waals surface area contributed by atoms with Crippen LogP contribution in [0.2, 0.25) is 0 Å². The highest BCUT2D eigenvalue weighted by atomic mass is 16.7. The van der Waals surface area contributed by atoms with Gasteiger partial charge in [0.2, 0.25) is 0 Å². The SMILES string of the molecule is CCC/C=C/C/C=C/C/C=C/C/C=C/CCCCCC(=O)OC[C@@H](CO[C@H]1O[C@@H](CO)[C@@H](O)C(O)C1O)OC(=O)CCCCCCCCCCCCCCCCCC. The molecule has 6 atom stereocenters. The van der Waals surface area contributed by atoms with Gasteiger partial charge in [-0.05, 0) is 51.4 Å². The average Bonchev–Trinajstić information content (AvgIpc) is 3.22. The second-order valence-electron chi connectivity index (χ2n) is 15.9. The van der Waals surface area contributed by atoms with Crippen LogP contribution < -0.4 is 0 Å². The molecule has 0 saturated carbocycles. The van der Waals surface area contributed by atoms with E-state index < -0.39 is 55.4 Å². The maximum absolute atomic E-state index is 12.8. The number of aliphatic hydroxyl groups excluding tert-OH is 4. The third kappa shape index (κ3) is 29.8. The zero-order chi connectivity index (χ0) is 42.3. The smallest absolute Gasteiger partial charge is 0.306 e. The molecule has 1 heterocycles. The molecule has 0 aromatic rings. The zero-order valence-corrected chi connectivity index (χ0v) is 36.5. The lowest BCUT2D eigenvalue weighted by Crippen LogP contribution is -2.59. The first-order chi connectivity index (χ1) is 28.3. The number of rotatable bonds is 38. The van der Waals surface area contributed by atoms with Gasteiger partial charge in [0.1, 0.15) is 31.0 Å². The van der Waals surface area contributed by atoms with Crippen molar-refractivity contribution in [3.63, 3.8) is 0 Å².